The maximum atomic E-state index is 12.2. The summed E-state index contributed by atoms with van der Waals surface area (Å²) >= 11 is 0. The molecule has 0 spiro atoms. The van der Waals surface area contributed by atoms with Gasteiger partial charge in [0.25, 0.3) is 10.2 Å². The third kappa shape index (κ3) is 3.42. The second kappa shape index (κ2) is 5.75. The van der Waals surface area contributed by atoms with E-state index in [-0.39, 0.29) is 6.04 Å². The molecule has 1 aromatic heterocycles. The first-order chi connectivity index (χ1) is 9.70. The van der Waals surface area contributed by atoms with Gasteiger partial charge in [0, 0.05) is 13.1 Å². The van der Waals surface area contributed by atoms with Crippen molar-refractivity contribution in [1.82, 2.24) is 19.0 Å². The quantitative estimate of drug-likeness (QED) is 0.888. The predicted octanol–water partition coefficient (Wildman–Crippen LogP) is 2.11. The zero-order valence-corrected chi connectivity index (χ0v) is 13.8. The standard InChI is InChI=1S/C14H22N4O2S/c1-9(2)18(5)21(19,20)17-11(4)14-15-12-7-6-10(3)8-13(12)16-14/h6-9,11,17H,1-5H3,(H,15,16). The number of rotatable bonds is 5. The van der Waals surface area contributed by atoms with E-state index in [4.69, 9.17) is 0 Å². The summed E-state index contributed by atoms with van der Waals surface area (Å²) in [6.45, 7) is 7.43. The molecule has 0 saturated heterocycles. The molecule has 0 aliphatic carbocycles. The number of imidazole rings is 1. The third-order valence-electron chi connectivity index (χ3n) is 3.50. The molecule has 1 aromatic carbocycles. The van der Waals surface area contributed by atoms with Gasteiger partial charge in [0.2, 0.25) is 0 Å². The third-order valence-corrected chi connectivity index (χ3v) is 5.33. The minimum Gasteiger partial charge on any atom is -0.341 e. The molecular weight excluding hydrogens is 288 g/mol. The molecule has 1 unspecified atom stereocenters. The highest BCUT2D eigenvalue weighted by atomic mass is 32.2. The Kier molecular flexibility index (Phi) is 4.36. The highest BCUT2D eigenvalue weighted by Gasteiger charge is 2.24. The fourth-order valence-electron chi connectivity index (χ4n) is 1.99. The molecular formula is C14H22N4O2S. The van der Waals surface area contributed by atoms with Gasteiger partial charge in [-0.3, -0.25) is 0 Å². The number of nitrogens with one attached hydrogen (secondary N) is 2. The number of nitrogens with zero attached hydrogens (tertiary/aromatic N) is 2. The fourth-order valence-corrected chi connectivity index (χ4v) is 3.27. The topological polar surface area (TPSA) is 78.1 Å². The minimum atomic E-state index is -3.53. The zero-order valence-electron chi connectivity index (χ0n) is 13.0. The maximum absolute atomic E-state index is 12.2. The summed E-state index contributed by atoms with van der Waals surface area (Å²) < 4.78 is 28.3. The van der Waals surface area contributed by atoms with Crippen molar-refractivity contribution in [2.75, 3.05) is 7.05 Å². The van der Waals surface area contributed by atoms with Crippen LogP contribution in [0.3, 0.4) is 0 Å². The highest BCUT2D eigenvalue weighted by Crippen LogP contribution is 2.18. The molecule has 0 fully saturated rings. The van der Waals surface area contributed by atoms with Crippen LogP contribution in [0.4, 0.5) is 0 Å². The van der Waals surface area contributed by atoms with Crippen LogP contribution in [0.5, 0.6) is 0 Å². The van der Waals surface area contributed by atoms with Crippen LogP contribution in [0.15, 0.2) is 18.2 Å². The average Bonchev–Trinajstić information content (AvgIpc) is 2.80. The first-order valence-electron chi connectivity index (χ1n) is 6.92. The summed E-state index contributed by atoms with van der Waals surface area (Å²) in [5.74, 6) is 0.608. The van der Waals surface area contributed by atoms with E-state index in [0.29, 0.717) is 5.82 Å². The second-order valence-corrected chi connectivity index (χ2v) is 7.36. The van der Waals surface area contributed by atoms with E-state index in [9.17, 15) is 8.42 Å². The number of fused-ring (bicyclic) bond motifs is 1. The van der Waals surface area contributed by atoms with Crippen LogP contribution in [-0.2, 0) is 10.2 Å². The molecule has 7 heteroatoms. The van der Waals surface area contributed by atoms with Crippen LogP contribution in [0.2, 0.25) is 0 Å². The van der Waals surface area contributed by atoms with Crippen LogP contribution in [0.25, 0.3) is 11.0 Å². The summed E-state index contributed by atoms with van der Waals surface area (Å²) in [5.41, 5.74) is 2.87. The molecule has 1 heterocycles. The molecule has 0 saturated carbocycles. The molecule has 0 amide bonds. The molecule has 0 bridgehead atoms. The number of aromatic amines is 1. The van der Waals surface area contributed by atoms with Gasteiger partial charge >= 0.3 is 0 Å². The molecule has 2 aromatic rings. The van der Waals surface area contributed by atoms with Crippen LogP contribution < -0.4 is 4.72 Å². The first kappa shape index (κ1) is 15.9. The Morgan fingerprint density at radius 2 is 1.95 bits per heavy atom. The summed E-state index contributed by atoms with van der Waals surface area (Å²) in [5, 5.41) is 0. The Morgan fingerprint density at radius 1 is 1.29 bits per heavy atom. The van der Waals surface area contributed by atoms with E-state index in [1.54, 1.807) is 14.0 Å². The fraction of sp³-hybridized carbons (Fsp3) is 0.500. The zero-order chi connectivity index (χ0) is 15.8. The molecule has 21 heavy (non-hydrogen) atoms. The molecule has 6 nitrogen and oxygen atoms in total. The van der Waals surface area contributed by atoms with Gasteiger partial charge in [-0.1, -0.05) is 6.07 Å². The SMILES string of the molecule is Cc1ccc2nc(C(C)NS(=O)(=O)N(C)C(C)C)[nH]c2c1. The summed E-state index contributed by atoms with van der Waals surface area (Å²) in [4.78, 5) is 7.61. The molecule has 0 aliphatic rings. The van der Waals surface area contributed by atoms with Gasteiger partial charge in [-0.05, 0) is 45.4 Å². The Morgan fingerprint density at radius 3 is 2.57 bits per heavy atom. The molecule has 2 N–H and O–H groups in total. The number of benzene rings is 1. The van der Waals surface area contributed by atoms with Crippen molar-refractivity contribution in [2.45, 2.75) is 39.8 Å². The Bertz CT molecular complexity index is 737. The van der Waals surface area contributed by atoms with E-state index in [0.717, 1.165) is 16.6 Å². The molecule has 2 rings (SSSR count). The number of H-pyrrole nitrogens is 1. The monoisotopic (exact) mass is 310 g/mol. The molecule has 116 valence electrons. The predicted molar refractivity (Wildman–Crippen MR) is 84.2 cm³/mol. The number of hydrogen-bond donors (Lipinski definition) is 2. The lowest BCUT2D eigenvalue weighted by atomic mass is 10.2. The maximum Gasteiger partial charge on any atom is 0.280 e. The highest BCUT2D eigenvalue weighted by molar-refractivity contribution is 7.87. The van der Waals surface area contributed by atoms with Gasteiger partial charge in [0.05, 0.1) is 17.1 Å². The lowest BCUT2D eigenvalue weighted by molar-refractivity contribution is 0.397. The van der Waals surface area contributed by atoms with Crippen molar-refractivity contribution in [3.05, 3.63) is 29.6 Å². The van der Waals surface area contributed by atoms with Crippen molar-refractivity contribution < 1.29 is 8.42 Å². The molecule has 1 atom stereocenters. The van der Waals surface area contributed by atoms with Gasteiger partial charge in [0.15, 0.2) is 0 Å². The van der Waals surface area contributed by atoms with Crippen molar-refractivity contribution in [3.8, 4) is 0 Å². The Balaban J connectivity index is 2.24. The number of aryl methyl sites for hydroxylation is 1. The summed E-state index contributed by atoms with van der Waals surface area (Å²) in [6, 6.07) is 5.37. The largest absolute Gasteiger partial charge is 0.341 e. The lowest BCUT2D eigenvalue weighted by Crippen LogP contribution is -2.43. The Hall–Kier alpha value is -1.44. The van der Waals surface area contributed by atoms with Gasteiger partial charge in [-0.15, -0.1) is 0 Å². The first-order valence-corrected chi connectivity index (χ1v) is 8.36. The van der Waals surface area contributed by atoms with Crippen LogP contribution in [0, 0.1) is 6.92 Å². The van der Waals surface area contributed by atoms with Gasteiger partial charge < -0.3 is 4.98 Å². The van der Waals surface area contributed by atoms with Crippen LogP contribution in [-0.4, -0.2) is 35.8 Å². The Labute approximate surface area is 125 Å². The minimum absolute atomic E-state index is 0.104. The van der Waals surface area contributed by atoms with Gasteiger partial charge in [-0.2, -0.15) is 17.4 Å². The average molecular weight is 310 g/mol. The molecule has 0 radical (unpaired) electrons. The van der Waals surface area contributed by atoms with Crippen molar-refractivity contribution >= 4 is 21.2 Å². The van der Waals surface area contributed by atoms with Crippen LogP contribution >= 0.6 is 0 Å². The van der Waals surface area contributed by atoms with Gasteiger partial charge in [0.1, 0.15) is 5.82 Å². The van der Waals surface area contributed by atoms with Crippen molar-refractivity contribution in [1.29, 1.82) is 0 Å². The van der Waals surface area contributed by atoms with E-state index < -0.39 is 16.3 Å². The summed E-state index contributed by atoms with van der Waals surface area (Å²) in [6.07, 6.45) is 0. The van der Waals surface area contributed by atoms with Crippen molar-refractivity contribution in [3.63, 3.8) is 0 Å². The summed E-state index contributed by atoms with van der Waals surface area (Å²) in [7, 11) is -1.97. The smallest absolute Gasteiger partial charge is 0.280 e. The van der Waals surface area contributed by atoms with E-state index in [1.807, 2.05) is 39.0 Å². The normalized spacial score (nSPS) is 14.2. The lowest BCUT2D eigenvalue weighted by Gasteiger charge is -2.23. The number of aromatic nitrogens is 2. The van der Waals surface area contributed by atoms with E-state index in [2.05, 4.69) is 14.7 Å². The number of hydrogen-bond acceptors (Lipinski definition) is 3. The van der Waals surface area contributed by atoms with Gasteiger partial charge in [-0.25, -0.2) is 4.98 Å². The van der Waals surface area contributed by atoms with Crippen molar-refractivity contribution in [2.24, 2.45) is 0 Å². The van der Waals surface area contributed by atoms with Crippen LogP contribution in [0.1, 0.15) is 38.2 Å². The molecule has 0 aliphatic heterocycles. The van der Waals surface area contributed by atoms with E-state index >= 15 is 0 Å². The second-order valence-electron chi connectivity index (χ2n) is 5.60. The van der Waals surface area contributed by atoms with E-state index in [1.165, 1.54) is 4.31 Å².